The number of benzene rings is 2. The van der Waals surface area contributed by atoms with Crippen molar-refractivity contribution in [2.24, 2.45) is 0 Å². The second-order valence-corrected chi connectivity index (χ2v) is 4.89. The minimum absolute atomic E-state index is 0.110. The number of phenols is 1. The number of rotatable bonds is 5. The lowest BCUT2D eigenvalue weighted by Gasteiger charge is -2.08. The highest BCUT2D eigenvalue weighted by molar-refractivity contribution is 5.36. The predicted octanol–water partition coefficient (Wildman–Crippen LogP) is 4.03. The van der Waals surface area contributed by atoms with Crippen molar-refractivity contribution in [3.63, 3.8) is 0 Å². The maximum absolute atomic E-state index is 10.6. The van der Waals surface area contributed by atoms with Crippen molar-refractivity contribution in [1.82, 2.24) is 0 Å². The van der Waals surface area contributed by atoms with Gasteiger partial charge in [-0.3, -0.25) is 10.1 Å². The van der Waals surface area contributed by atoms with Crippen LogP contribution in [0.4, 0.5) is 5.69 Å². The van der Waals surface area contributed by atoms with Gasteiger partial charge in [0.2, 0.25) is 0 Å². The Hall–Kier alpha value is -2.62. The van der Waals surface area contributed by atoms with E-state index in [0.717, 1.165) is 24.0 Å². The van der Waals surface area contributed by atoms with Crippen LogP contribution in [-0.4, -0.2) is 10.0 Å². The molecule has 0 spiro atoms. The van der Waals surface area contributed by atoms with Crippen LogP contribution in [0.25, 0.3) is 0 Å². The molecule has 0 bridgehead atoms. The van der Waals surface area contributed by atoms with Gasteiger partial charge in [0, 0.05) is 12.1 Å². The molecular formula is C17H17NO3. The van der Waals surface area contributed by atoms with Gasteiger partial charge >= 0.3 is 0 Å². The highest BCUT2D eigenvalue weighted by Gasteiger charge is 2.06. The van der Waals surface area contributed by atoms with E-state index in [2.05, 4.69) is 6.08 Å². The van der Waals surface area contributed by atoms with Crippen molar-refractivity contribution in [3.8, 4) is 5.75 Å². The maximum Gasteiger partial charge on any atom is 0.269 e. The fourth-order valence-electron chi connectivity index (χ4n) is 2.14. The molecule has 0 heterocycles. The summed E-state index contributed by atoms with van der Waals surface area (Å²) in [4.78, 5) is 10.2. The molecule has 4 nitrogen and oxygen atoms in total. The van der Waals surface area contributed by atoms with Gasteiger partial charge in [0.05, 0.1) is 4.92 Å². The van der Waals surface area contributed by atoms with Crippen LogP contribution in [0.15, 0.2) is 60.2 Å². The molecule has 0 unspecified atom stereocenters. The monoisotopic (exact) mass is 283 g/mol. The summed E-state index contributed by atoms with van der Waals surface area (Å²) in [6, 6.07) is 13.8. The lowest BCUT2D eigenvalue weighted by atomic mass is 9.98. The van der Waals surface area contributed by atoms with E-state index in [-0.39, 0.29) is 11.4 Å². The van der Waals surface area contributed by atoms with Crippen LogP contribution in [0.5, 0.6) is 5.75 Å². The molecule has 0 aliphatic carbocycles. The Kier molecular flexibility index (Phi) is 4.72. The van der Waals surface area contributed by atoms with Gasteiger partial charge in [0.1, 0.15) is 5.75 Å². The van der Waals surface area contributed by atoms with Gasteiger partial charge in [-0.05, 0) is 43.0 Å². The number of hydrogen-bond acceptors (Lipinski definition) is 3. The van der Waals surface area contributed by atoms with Crippen LogP contribution in [0.2, 0.25) is 0 Å². The average molecular weight is 283 g/mol. The number of aromatic hydroxyl groups is 1. The van der Waals surface area contributed by atoms with Crippen LogP contribution < -0.4 is 0 Å². The SMILES string of the molecule is C/C=C(/Cc1ccc(O)cc1)Cc1ccc([N+](=O)[O-])cc1. The van der Waals surface area contributed by atoms with E-state index in [9.17, 15) is 15.2 Å². The molecule has 0 saturated heterocycles. The van der Waals surface area contributed by atoms with Gasteiger partial charge < -0.3 is 5.11 Å². The highest BCUT2D eigenvalue weighted by atomic mass is 16.6. The molecule has 2 rings (SSSR count). The molecule has 0 atom stereocenters. The van der Waals surface area contributed by atoms with Gasteiger partial charge in [0.15, 0.2) is 0 Å². The van der Waals surface area contributed by atoms with Crippen LogP contribution in [0.3, 0.4) is 0 Å². The predicted molar refractivity (Wildman–Crippen MR) is 82.4 cm³/mol. The zero-order valence-electron chi connectivity index (χ0n) is 11.8. The Bertz CT molecular complexity index is 643. The molecule has 0 saturated carbocycles. The van der Waals surface area contributed by atoms with Crippen molar-refractivity contribution in [1.29, 1.82) is 0 Å². The lowest BCUT2D eigenvalue weighted by molar-refractivity contribution is -0.384. The third kappa shape index (κ3) is 4.18. The topological polar surface area (TPSA) is 63.4 Å². The Labute approximate surface area is 123 Å². The Morgan fingerprint density at radius 1 is 1.05 bits per heavy atom. The molecule has 0 fully saturated rings. The smallest absolute Gasteiger partial charge is 0.269 e. The molecule has 2 aromatic rings. The molecule has 4 heteroatoms. The zero-order valence-corrected chi connectivity index (χ0v) is 11.8. The second-order valence-electron chi connectivity index (χ2n) is 4.89. The first kappa shape index (κ1) is 14.8. The van der Waals surface area contributed by atoms with E-state index < -0.39 is 4.92 Å². The standard InChI is InChI=1S/C17H17NO3/c1-2-13(12-15-5-9-17(19)10-6-15)11-14-3-7-16(8-4-14)18(20)21/h2-10,19H,11-12H2,1H3/b13-2+. The number of nitrogens with zero attached hydrogens (tertiary/aromatic N) is 1. The van der Waals surface area contributed by atoms with Crippen molar-refractivity contribution >= 4 is 5.69 Å². The lowest BCUT2D eigenvalue weighted by Crippen LogP contribution is -1.96. The van der Waals surface area contributed by atoms with E-state index in [1.165, 1.54) is 17.7 Å². The van der Waals surface area contributed by atoms with E-state index in [0.29, 0.717) is 0 Å². The highest BCUT2D eigenvalue weighted by Crippen LogP contribution is 2.18. The second kappa shape index (κ2) is 6.70. The normalized spacial score (nSPS) is 11.4. The first-order chi connectivity index (χ1) is 10.1. The van der Waals surface area contributed by atoms with Crippen molar-refractivity contribution in [2.45, 2.75) is 19.8 Å². The van der Waals surface area contributed by atoms with Crippen molar-refractivity contribution < 1.29 is 10.0 Å². The van der Waals surface area contributed by atoms with Gasteiger partial charge in [-0.25, -0.2) is 0 Å². The molecule has 0 radical (unpaired) electrons. The quantitative estimate of drug-likeness (QED) is 0.512. The summed E-state index contributed by atoms with van der Waals surface area (Å²) in [6.07, 6.45) is 3.62. The van der Waals surface area contributed by atoms with Gasteiger partial charge in [0.25, 0.3) is 5.69 Å². The summed E-state index contributed by atoms with van der Waals surface area (Å²) < 4.78 is 0. The first-order valence-electron chi connectivity index (χ1n) is 6.74. The Balaban J connectivity index is 2.05. The number of hydrogen-bond donors (Lipinski definition) is 1. The van der Waals surface area contributed by atoms with E-state index in [1.807, 2.05) is 19.1 Å². The van der Waals surface area contributed by atoms with Crippen LogP contribution in [-0.2, 0) is 12.8 Å². The maximum atomic E-state index is 10.6. The summed E-state index contributed by atoms with van der Waals surface area (Å²) in [5, 5.41) is 19.9. The number of non-ortho nitro benzene ring substituents is 1. The molecule has 0 aliphatic heterocycles. The third-order valence-corrected chi connectivity index (χ3v) is 3.35. The largest absolute Gasteiger partial charge is 0.508 e. The first-order valence-corrected chi connectivity index (χ1v) is 6.74. The summed E-state index contributed by atoms with van der Waals surface area (Å²) in [5.41, 5.74) is 3.52. The fourth-order valence-corrected chi connectivity index (χ4v) is 2.14. The molecule has 21 heavy (non-hydrogen) atoms. The summed E-state index contributed by atoms with van der Waals surface area (Å²) >= 11 is 0. The molecule has 0 aliphatic rings. The third-order valence-electron chi connectivity index (χ3n) is 3.35. The van der Waals surface area contributed by atoms with E-state index in [4.69, 9.17) is 0 Å². The Morgan fingerprint density at radius 3 is 1.95 bits per heavy atom. The molecular weight excluding hydrogens is 266 g/mol. The molecule has 108 valence electrons. The zero-order chi connectivity index (χ0) is 15.2. The minimum Gasteiger partial charge on any atom is -0.508 e. The van der Waals surface area contributed by atoms with Crippen LogP contribution >= 0.6 is 0 Å². The van der Waals surface area contributed by atoms with Crippen molar-refractivity contribution in [2.75, 3.05) is 0 Å². The average Bonchev–Trinajstić information content (AvgIpc) is 2.49. The van der Waals surface area contributed by atoms with Gasteiger partial charge in [-0.1, -0.05) is 35.9 Å². The summed E-state index contributed by atoms with van der Waals surface area (Å²) in [5.74, 6) is 0.260. The Morgan fingerprint density at radius 2 is 1.52 bits per heavy atom. The molecule has 1 N–H and O–H groups in total. The van der Waals surface area contributed by atoms with Gasteiger partial charge in [-0.15, -0.1) is 0 Å². The summed E-state index contributed by atoms with van der Waals surface area (Å²) in [7, 11) is 0. The minimum atomic E-state index is -0.392. The number of phenolic OH excluding ortho intramolecular Hbond substituents is 1. The number of nitro benzene ring substituents is 1. The number of nitro groups is 1. The van der Waals surface area contributed by atoms with Crippen LogP contribution in [0.1, 0.15) is 18.1 Å². The van der Waals surface area contributed by atoms with E-state index >= 15 is 0 Å². The van der Waals surface area contributed by atoms with Crippen LogP contribution in [0, 0.1) is 10.1 Å². The van der Waals surface area contributed by atoms with Gasteiger partial charge in [-0.2, -0.15) is 0 Å². The summed E-state index contributed by atoms with van der Waals surface area (Å²) in [6.45, 7) is 1.99. The molecule has 0 amide bonds. The molecule has 2 aromatic carbocycles. The van der Waals surface area contributed by atoms with Crippen molar-refractivity contribution in [3.05, 3.63) is 81.4 Å². The van der Waals surface area contributed by atoms with E-state index in [1.54, 1.807) is 24.3 Å². The number of allylic oxidation sites excluding steroid dienone is 2. The molecule has 0 aromatic heterocycles. The fraction of sp³-hybridized carbons (Fsp3) is 0.176.